The lowest BCUT2D eigenvalue weighted by Gasteiger charge is -2.28. The number of phenols is 1. The first kappa shape index (κ1) is 17.6. The van der Waals surface area contributed by atoms with Crippen molar-refractivity contribution in [3.05, 3.63) is 12.1 Å². The fraction of sp³-hybridized carbons (Fsp3) is 0.538. The van der Waals surface area contributed by atoms with Crippen LogP contribution < -0.4 is 14.7 Å². The molecule has 0 heterocycles. The van der Waals surface area contributed by atoms with Gasteiger partial charge in [-0.05, 0) is 12.1 Å². The third-order valence-corrected chi connectivity index (χ3v) is 2.48. The van der Waals surface area contributed by atoms with Gasteiger partial charge in [-0.25, -0.2) is 0 Å². The zero-order valence-corrected chi connectivity index (χ0v) is 15.4. The van der Waals surface area contributed by atoms with E-state index in [9.17, 15) is 5.11 Å². The van der Waals surface area contributed by atoms with Gasteiger partial charge in [-0.3, -0.25) is 0 Å². The molecular weight excluding hydrogens is 258 g/mol. The first-order valence-electron chi connectivity index (χ1n) is 6.05. The van der Waals surface area contributed by atoms with Gasteiger partial charge in [0.2, 0.25) is 0 Å². The van der Waals surface area contributed by atoms with Crippen molar-refractivity contribution in [3.63, 3.8) is 0 Å². The van der Waals surface area contributed by atoms with Crippen LogP contribution in [0.5, 0.6) is 5.75 Å². The van der Waals surface area contributed by atoms with Crippen LogP contribution in [0.3, 0.4) is 0 Å². The molecule has 0 radical (unpaired) electrons. The molecule has 1 N–H and O–H groups in total. The Morgan fingerprint density at radius 1 is 0.895 bits per heavy atom. The van der Waals surface area contributed by atoms with Gasteiger partial charge in [-0.2, -0.15) is 0 Å². The van der Waals surface area contributed by atoms with E-state index in [0.717, 1.165) is 27.5 Å². The van der Waals surface area contributed by atoms with Gasteiger partial charge in [0.25, 0.3) is 0 Å². The number of rotatable bonds is 3. The highest BCUT2D eigenvalue weighted by atomic mass is 28.2. The van der Waals surface area contributed by atoms with Gasteiger partial charge in [-0.1, -0.05) is 0 Å². The summed E-state index contributed by atoms with van der Waals surface area (Å²) < 4.78 is 4.39. The number of benzene rings is 1. The topological polar surface area (TPSA) is 39.2 Å². The average molecular weight is 285 g/mol. The van der Waals surface area contributed by atoms with Crippen molar-refractivity contribution < 1.29 is 9.53 Å². The summed E-state index contributed by atoms with van der Waals surface area (Å²) in [6.45, 7) is 0. The highest BCUT2D eigenvalue weighted by molar-refractivity contribution is 5.97. The monoisotopic (exact) mass is 285 g/mol. The molecule has 0 spiro atoms. The molecule has 1 rings (SSSR count). The van der Waals surface area contributed by atoms with E-state index in [1.807, 2.05) is 63.1 Å². The first-order valence-corrected chi connectivity index (χ1v) is 6.87. The second-order valence-corrected chi connectivity index (χ2v) is 5.71. The van der Waals surface area contributed by atoms with Crippen molar-refractivity contribution in [2.45, 2.75) is 0 Å². The number of hydrogen-bond donors (Lipinski definition) is 1. The van der Waals surface area contributed by atoms with Gasteiger partial charge in [0.05, 0.1) is 11.4 Å². The normalized spacial score (nSPS) is 9.63. The van der Waals surface area contributed by atoms with Crippen molar-refractivity contribution in [2.75, 3.05) is 64.1 Å². The van der Waals surface area contributed by atoms with E-state index in [1.54, 1.807) is 13.2 Å². The van der Waals surface area contributed by atoms with Crippen LogP contribution in [0.25, 0.3) is 0 Å². The minimum Gasteiger partial charge on any atom is -0.506 e. The molecule has 0 saturated heterocycles. The van der Waals surface area contributed by atoms with Gasteiger partial charge >= 0.3 is 0 Å². The van der Waals surface area contributed by atoms with Crippen molar-refractivity contribution in [2.24, 2.45) is 0 Å². The van der Waals surface area contributed by atoms with Crippen molar-refractivity contribution >= 4 is 27.5 Å². The predicted octanol–water partition coefficient (Wildman–Crippen LogP) is 0.503. The Labute approximate surface area is 119 Å². The molecule has 0 unspecified atom stereocenters. The van der Waals surface area contributed by atoms with E-state index in [2.05, 4.69) is 4.43 Å². The zero-order valence-electron chi connectivity index (χ0n) is 13.4. The Morgan fingerprint density at radius 2 is 1.32 bits per heavy atom. The van der Waals surface area contributed by atoms with Gasteiger partial charge in [-0.15, -0.1) is 0 Å². The molecule has 1 aromatic carbocycles. The van der Waals surface area contributed by atoms with Crippen LogP contribution in [0.2, 0.25) is 0 Å². The van der Waals surface area contributed by atoms with E-state index in [1.165, 1.54) is 0 Å². The Kier molecular flexibility index (Phi) is 7.32. The summed E-state index contributed by atoms with van der Waals surface area (Å²) in [4.78, 5) is 5.99. The van der Waals surface area contributed by atoms with Crippen LogP contribution in [-0.4, -0.2) is 65.0 Å². The second-order valence-electron chi connectivity index (χ2n) is 4.89. The smallest absolute Gasteiger partial charge is 0.145 e. The van der Waals surface area contributed by atoms with Crippen LogP contribution in [0.15, 0.2) is 12.1 Å². The molecule has 0 fully saturated rings. The van der Waals surface area contributed by atoms with Crippen LogP contribution in [-0.2, 0) is 4.43 Å². The lowest BCUT2D eigenvalue weighted by Crippen LogP contribution is -2.21. The fourth-order valence-electron chi connectivity index (χ4n) is 1.80. The summed E-state index contributed by atoms with van der Waals surface area (Å²) in [6, 6.07) is 3.66. The molecule has 1 aromatic rings. The molecule has 0 aliphatic heterocycles. The van der Waals surface area contributed by atoms with Crippen LogP contribution in [0.4, 0.5) is 17.1 Å². The number of nitrogens with zero attached hydrogens (tertiary/aromatic N) is 3. The summed E-state index contributed by atoms with van der Waals surface area (Å²) in [7, 11) is 14.4. The lowest BCUT2D eigenvalue weighted by molar-refractivity contribution is 0.460. The van der Waals surface area contributed by atoms with E-state index in [4.69, 9.17) is 0 Å². The Bertz CT molecular complexity index is 396. The Balaban J connectivity index is 0.000000982. The minimum absolute atomic E-state index is 0.305. The molecule has 19 heavy (non-hydrogen) atoms. The molecule has 0 aliphatic rings. The van der Waals surface area contributed by atoms with Gasteiger partial charge in [0.15, 0.2) is 0 Å². The number of aromatic hydroxyl groups is 1. The quantitative estimate of drug-likeness (QED) is 0.819. The van der Waals surface area contributed by atoms with Gasteiger partial charge in [0, 0.05) is 49.4 Å². The molecule has 0 atom stereocenters. The summed E-state index contributed by atoms with van der Waals surface area (Å²) in [5.74, 6) is 0.305. The molecule has 0 amide bonds. The second kappa shape index (κ2) is 7.91. The van der Waals surface area contributed by atoms with E-state index < -0.39 is 0 Å². The van der Waals surface area contributed by atoms with Crippen LogP contribution in [0, 0.1) is 0 Å². The predicted molar refractivity (Wildman–Crippen MR) is 88.0 cm³/mol. The largest absolute Gasteiger partial charge is 0.506 e. The minimum atomic E-state index is 0.305. The van der Waals surface area contributed by atoms with Crippen molar-refractivity contribution in [3.8, 4) is 5.75 Å². The van der Waals surface area contributed by atoms with E-state index in [0.29, 0.717) is 5.75 Å². The van der Waals surface area contributed by atoms with Gasteiger partial charge in [0.1, 0.15) is 21.9 Å². The maximum absolute atomic E-state index is 9.93. The summed E-state index contributed by atoms with van der Waals surface area (Å²) in [6.07, 6.45) is 0. The summed E-state index contributed by atoms with van der Waals surface area (Å²) in [5, 5.41) is 9.93. The summed E-state index contributed by atoms with van der Waals surface area (Å²) >= 11 is 0. The SMILES string of the molecule is CN(C)c1ccc(O)c(N(C)C)c1N(C)C.CO[SiH3]. The molecule has 0 saturated carbocycles. The van der Waals surface area contributed by atoms with Crippen molar-refractivity contribution in [1.29, 1.82) is 0 Å². The fourth-order valence-corrected chi connectivity index (χ4v) is 1.80. The standard InChI is InChI=1S/C12H21N3O.CH6OSi/c1-13(2)9-7-8-10(16)12(15(5)6)11(9)14(3)4;1-2-3/h7-8,16H,1-6H3;1,3H3. The number of phenolic OH excluding ortho intramolecular Hbond substituents is 1. The molecular formula is C13H27N3O2Si. The highest BCUT2D eigenvalue weighted by Crippen LogP contribution is 2.42. The third kappa shape index (κ3) is 4.64. The highest BCUT2D eigenvalue weighted by Gasteiger charge is 2.17. The zero-order chi connectivity index (χ0) is 15.2. The van der Waals surface area contributed by atoms with Crippen LogP contribution in [0.1, 0.15) is 0 Å². The lowest BCUT2D eigenvalue weighted by atomic mass is 10.1. The van der Waals surface area contributed by atoms with Crippen molar-refractivity contribution in [1.82, 2.24) is 0 Å². The summed E-state index contributed by atoms with van der Waals surface area (Å²) in [5.41, 5.74) is 2.96. The number of hydrogen-bond acceptors (Lipinski definition) is 5. The van der Waals surface area contributed by atoms with Crippen LogP contribution >= 0.6 is 0 Å². The maximum Gasteiger partial charge on any atom is 0.145 e. The average Bonchev–Trinajstić information content (AvgIpc) is 2.28. The van der Waals surface area contributed by atoms with E-state index >= 15 is 0 Å². The molecule has 5 nitrogen and oxygen atoms in total. The Morgan fingerprint density at radius 3 is 1.63 bits per heavy atom. The number of anilines is 3. The molecule has 0 aromatic heterocycles. The molecule has 0 bridgehead atoms. The Hall–Kier alpha value is -1.40. The first-order chi connectivity index (χ1) is 8.77. The molecule has 110 valence electrons. The molecule has 6 heteroatoms. The maximum atomic E-state index is 9.93. The molecule has 0 aliphatic carbocycles. The van der Waals surface area contributed by atoms with E-state index in [-0.39, 0.29) is 0 Å². The third-order valence-electron chi connectivity index (χ3n) is 2.48. The van der Waals surface area contributed by atoms with Gasteiger partial charge < -0.3 is 24.2 Å².